The van der Waals surface area contributed by atoms with Crippen molar-refractivity contribution in [3.8, 4) is 11.8 Å². The van der Waals surface area contributed by atoms with Crippen molar-refractivity contribution >= 4 is 30.2 Å². The van der Waals surface area contributed by atoms with E-state index < -0.39 is 5.97 Å². The lowest BCUT2D eigenvalue weighted by molar-refractivity contribution is -0.132. The third kappa shape index (κ3) is 5.55. The zero-order valence-corrected chi connectivity index (χ0v) is 17.5. The Labute approximate surface area is 169 Å². The molecule has 0 atom stereocenters. The first-order valence-electron chi connectivity index (χ1n) is 9.10. The molecule has 1 N–H and O–H groups in total. The standard InChI is InChI=1S/C20H26N2O5S/c1-20(2,3)10-7-15-5-6-16(17(28-15)18(24)25)22(13-23)14-8-11-21(12-9-14)19(26)27-4/h5,13-14H,6,8-9,11-12H2,1-4H3,(H,24,25). The number of likely N-dealkylation sites (tertiary alicyclic amines) is 1. The summed E-state index contributed by atoms with van der Waals surface area (Å²) in [7, 11) is 1.34. The second kappa shape index (κ2) is 9.20. The molecule has 0 aromatic heterocycles. The highest BCUT2D eigenvalue weighted by Crippen LogP contribution is 2.37. The minimum Gasteiger partial charge on any atom is -0.477 e. The number of carboxylic acids is 1. The van der Waals surface area contributed by atoms with Gasteiger partial charge in [-0.25, -0.2) is 9.59 Å². The molecule has 7 nitrogen and oxygen atoms in total. The number of rotatable bonds is 4. The number of methoxy groups -OCH3 is 1. The first kappa shape index (κ1) is 21.9. The van der Waals surface area contributed by atoms with Gasteiger partial charge in [0.1, 0.15) is 4.91 Å². The smallest absolute Gasteiger partial charge is 0.409 e. The lowest BCUT2D eigenvalue weighted by Gasteiger charge is -2.37. The highest BCUT2D eigenvalue weighted by atomic mass is 32.2. The van der Waals surface area contributed by atoms with E-state index in [9.17, 15) is 19.5 Å². The molecule has 0 saturated carbocycles. The van der Waals surface area contributed by atoms with Crippen molar-refractivity contribution in [2.75, 3.05) is 20.2 Å². The molecule has 2 aliphatic rings. The molecule has 0 spiro atoms. The summed E-state index contributed by atoms with van der Waals surface area (Å²) in [6.07, 6.45) is 3.63. The van der Waals surface area contributed by atoms with Crippen molar-refractivity contribution in [3.05, 3.63) is 21.6 Å². The van der Waals surface area contributed by atoms with Gasteiger partial charge in [-0.2, -0.15) is 0 Å². The Bertz CT molecular complexity index is 762. The molecule has 152 valence electrons. The molecule has 1 fully saturated rings. The molecule has 28 heavy (non-hydrogen) atoms. The van der Waals surface area contributed by atoms with Crippen LogP contribution >= 0.6 is 11.8 Å². The number of carboxylic acid groups (broad SMARTS) is 1. The Morgan fingerprint density at radius 1 is 1.36 bits per heavy atom. The van der Waals surface area contributed by atoms with Crippen LogP contribution in [0, 0.1) is 17.3 Å². The fourth-order valence-electron chi connectivity index (χ4n) is 3.03. The molecule has 2 heterocycles. The minimum absolute atomic E-state index is 0.128. The van der Waals surface area contributed by atoms with Crippen molar-refractivity contribution < 1.29 is 24.2 Å². The lowest BCUT2D eigenvalue weighted by Crippen LogP contribution is -2.46. The van der Waals surface area contributed by atoms with E-state index in [-0.39, 0.29) is 22.5 Å². The van der Waals surface area contributed by atoms with E-state index >= 15 is 0 Å². The Morgan fingerprint density at radius 2 is 2.00 bits per heavy atom. The molecular formula is C20H26N2O5S. The third-order valence-electron chi connectivity index (χ3n) is 4.43. The Hall–Kier alpha value is -2.40. The number of carbonyl (C=O) groups is 3. The second-order valence-electron chi connectivity index (χ2n) is 7.66. The van der Waals surface area contributed by atoms with E-state index in [1.54, 1.807) is 4.90 Å². The monoisotopic (exact) mass is 406 g/mol. The summed E-state index contributed by atoms with van der Waals surface area (Å²) in [5.74, 6) is 5.08. The van der Waals surface area contributed by atoms with Crippen LogP contribution in [0.15, 0.2) is 21.6 Å². The number of hydrogen-bond acceptors (Lipinski definition) is 5. The average molecular weight is 407 g/mol. The lowest BCUT2D eigenvalue weighted by atomic mass is 9.98. The summed E-state index contributed by atoms with van der Waals surface area (Å²) in [4.78, 5) is 39.2. The molecule has 0 aliphatic carbocycles. The maximum Gasteiger partial charge on any atom is 0.409 e. The topological polar surface area (TPSA) is 87.2 Å². The van der Waals surface area contributed by atoms with Gasteiger partial charge in [-0.05, 0) is 33.6 Å². The molecule has 0 aromatic rings. The van der Waals surface area contributed by atoms with Crippen molar-refractivity contribution in [1.29, 1.82) is 0 Å². The van der Waals surface area contributed by atoms with Crippen LogP contribution in [0.2, 0.25) is 0 Å². The largest absolute Gasteiger partial charge is 0.477 e. The number of amides is 2. The first-order valence-corrected chi connectivity index (χ1v) is 9.92. The quantitative estimate of drug-likeness (QED) is 0.570. The molecule has 8 heteroatoms. The van der Waals surface area contributed by atoms with Crippen LogP contribution in [0.25, 0.3) is 0 Å². The summed E-state index contributed by atoms with van der Waals surface area (Å²) in [5.41, 5.74) is 0.294. The van der Waals surface area contributed by atoms with Crippen LogP contribution < -0.4 is 0 Å². The van der Waals surface area contributed by atoms with Gasteiger partial charge < -0.3 is 19.6 Å². The molecule has 0 bridgehead atoms. The Balaban J connectivity index is 2.18. The minimum atomic E-state index is -1.07. The van der Waals surface area contributed by atoms with Crippen LogP contribution in [0.5, 0.6) is 0 Å². The van der Waals surface area contributed by atoms with Crippen LogP contribution in [-0.4, -0.2) is 59.6 Å². The zero-order chi connectivity index (χ0) is 20.9. The number of hydrogen-bond donors (Lipinski definition) is 1. The van der Waals surface area contributed by atoms with Gasteiger partial charge in [0.2, 0.25) is 6.41 Å². The number of allylic oxidation sites excluding steroid dienone is 2. The van der Waals surface area contributed by atoms with Gasteiger partial charge in [0.15, 0.2) is 0 Å². The number of thioether (sulfide) groups is 1. The summed E-state index contributed by atoms with van der Waals surface area (Å²) in [6, 6.07) is -0.154. The maximum atomic E-state index is 11.8. The highest BCUT2D eigenvalue weighted by molar-refractivity contribution is 8.07. The predicted octanol–water partition coefficient (Wildman–Crippen LogP) is 3.04. The molecule has 1 saturated heterocycles. The van der Waals surface area contributed by atoms with E-state index in [2.05, 4.69) is 11.8 Å². The molecule has 2 amide bonds. The van der Waals surface area contributed by atoms with Crippen LogP contribution in [0.3, 0.4) is 0 Å². The van der Waals surface area contributed by atoms with Gasteiger partial charge in [-0.3, -0.25) is 4.79 Å². The van der Waals surface area contributed by atoms with Gasteiger partial charge in [-0.1, -0.05) is 29.7 Å². The van der Waals surface area contributed by atoms with E-state index in [0.29, 0.717) is 49.4 Å². The predicted molar refractivity (Wildman–Crippen MR) is 107 cm³/mol. The van der Waals surface area contributed by atoms with Gasteiger partial charge >= 0.3 is 12.1 Å². The number of aliphatic carboxylic acids is 1. The molecule has 2 aliphatic heterocycles. The molecular weight excluding hydrogens is 380 g/mol. The zero-order valence-electron chi connectivity index (χ0n) is 16.7. The third-order valence-corrected chi connectivity index (χ3v) is 5.53. The van der Waals surface area contributed by atoms with Crippen LogP contribution in [-0.2, 0) is 14.3 Å². The van der Waals surface area contributed by atoms with Crippen LogP contribution in [0.4, 0.5) is 4.79 Å². The summed E-state index contributed by atoms with van der Waals surface area (Å²) in [5, 5.41) is 9.68. The van der Waals surface area contributed by atoms with Gasteiger partial charge in [0, 0.05) is 36.7 Å². The number of carbonyl (C=O) groups excluding carboxylic acids is 2. The Morgan fingerprint density at radius 3 is 2.50 bits per heavy atom. The molecule has 2 rings (SSSR count). The highest BCUT2D eigenvalue weighted by Gasteiger charge is 2.32. The fraction of sp³-hybridized carbons (Fsp3) is 0.550. The molecule has 0 unspecified atom stereocenters. The van der Waals surface area contributed by atoms with E-state index in [1.807, 2.05) is 26.8 Å². The van der Waals surface area contributed by atoms with E-state index in [4.69, 9.17) is 4.74 Å². The number of nitrogens with zero attached hydrogens (tertiary/aromatic N) is 2. The SMILES string of the molecule is COC(=O)N1CCC(N(C=O)C2=C(C(=O)O)SC(C#CC(C)(C)C)=CC2)CC1. The second-order valence-corrected chi connectivity index (χ2v) is 8.71. The summed E-state index contributed by atoms with van der Waals surface area (Å²) >= 11 is 1.09. The normalized spacial score (nSPS) is 18.0. The number of piperidine rings is 1. The first-order chi connectivity index (χ1) is 13.2. The van der Waals surface area contributed by atoms with Crippen LogP contribution in [0.1, 0.15) is 40.0 Å². The summed E-state index contributed by atoms with van der Waals surface area (Å²) < 4.78 is 4.73. The van der Waals surface area contributed by atoms with Crippen molar-refractivity contribution in [2.24, 2.45) is 5.41 Å². The average Bonchev–Trinajstić information content (AvgIpc) is 2.66. The van der Waals surface area contributed by atoms with Gasteiger partial charge in [0.25, 0.3) is 0 Å². The molecule has 0 aromatic carbocycles. The van der Waals surface area contributed by atoms with Gasteiger partial charge in [-0.15, -0.1) is 0 Å². The number of ether oxygens (including phenoxy) is 1. The van der Waals surface area contributed by atoms with Crippen molar-refractivity contribution in [1.82, 2.24) is 9.80 Å². The molecule has 0 radical (unpaired) electrons. The summed E-state index contributed by atoms with van der Waals surface area (Å²) in [6.45, 7) is 6.89. The van der Waals surface area contributed by atoms with Gasteiger partial charge in [0.05, 0.1) is 12.0 Å². The van der Waals surface area contributed by atoms with E-state index in [1.165, 1.54) is 12.0 Å². The van der Waals surface area contributed by atoms with Crippen molar-refractivity contribution in [2.45, 2.75) is 46.1 Å². The maximum absolute atomic E-state index is 11.8. The van der Waals surface area contributed by atoms with E-state index in [0.717, 1.165) is 11.8 Å². The van der Waals surface area contributed by atoms with Crippen molar-refractivity contribution in [3.63, 3.8) is 0 Å². The Kier molecular flexibility index (Phi) is 7.19. The fourth-order valence-corrected chi connectivity index (χ4v) is 3.92.